The van der Waals surface area contributed by atoms with E-state index in [4.69, 9.17) is 25.8 Å². The largest absolute Gasteiger partial charge is 0.573 e. The van der Waals surface area contributed by atoms with Crippen molar-refractivity contribution in [3.63, 3.8) is 0 Å². The van der Waals surface area contributed by atoms with E-state index in [0.29, 0.717) is 24.2 Å². The minimum atomic E-state index is -4.80. The molecule has 0 bridgehead atoms. The molecule has 3 aromatic carbocycles. The van der Waals surface area contributed by atoms with E-state index in [1.54, 1.807) is 26.2 Å². The number of carbonyl (C=O) groups excluding carboxylic acids is 4. The molecule has 1 aliphatic carbocycles. The molecule has 15 heteroatoms. The van der Waals surface area contributed by atoms with Crippen LogP contribution in [0.2, 0.25) is 5.02 Å². The average Bonchev–Trinajstić information content (AvgIpc) is 3.32. The molecule has 1 fully saturated rings. The third kappa shape index (κ3) is 10.2. The van der Waals surface area contributed by atoms with Crippen LogP contribution in [-0.4, -0.2) is 55.7 Å². The van der Waals surface area contributed by atoms with E-state index >= 15 is 0 Å². The number of hydrogen-bond donors (Lipinski definition) is 3. The maximum atomic E-state index is 13.0. The van der Waals surface area contributed by atoms with E-state index in [0.717, 1.165) is 41.7 Å². The van der Waals surface area contributed by atoms with Crippen LogP contribution in [0.5, 0.6) is 5.75 Å². The van der Waals surface area contributed by atoms with Crippen LogP contribution in [-0.2, 0) is 19.0 Å². The van der Waals surface area contributed by atoms with Gasteiger partial charge >= 0.3 is 18.5 Å². The Hall–Kier alpha value is -5.08. The third-order valence-corrected chi connectivity index (χ3v) is 8.49. The number of anilines is 1. The second kappa shape index (κ2) is 16.8. The first kappa shape index (κ1) is 38.7. The molecule has 0 aromatic heterocycles. The molecule has 51 heavy (non-hydrogen) atoms. The maximum absolute atomic E-state index is 13.0. The van der Waals surface area contributed by atoms with Crippen LogP contribution in [0.1, 0.15) is 59.7 Å². The minimum absolute atomic E-state index is 0.114. The first-order chi connectivity index (χ1) is 24.1. The highest BCUT2D eigenvalue weighted by molar-refractivity contribution is 6.34. The molecule has 1 heterocycles. The second-order valence-corrected chi connectivity index (χ2v) is 12.1. The summed E-state index contributed by atoms with van der Waals surface area (Å²) in [5.74, 6) is -0.969. The number of imide groups is 1. The second-order valence-electron chi connectivity index (χ2n) is 11.7. The zero-order chi connectivity index (χ0) is 37.3. The van der Waals surface area contributed by atoms with Crippen molar-refractivity contribution in [2.75, 3.05) is 19.0 Å². The molecule has 3 N–H and O–H groups in total. The highest BCUT2D eigenvalue weighted by atomic mass is 35.5. The monoisotopic (exact) mass is 731 g/mol. The summed E-state index contributed by atoms with van der Waals surface area (Å²) < 4.78 is 55.9. The molecule has 3 aromatic rings. The van der Waals surface area contributed by atoms with Crippen molar-refractivity contribution in [3.8, 4) is 5.75 Å². The number of amides is 4. The molecule has 272 valence electrons. The number of urea groups is 1. The van der Waals surface area contributed by atoms with Crippen molar-refractivity contribution in [2.45, 2.75) is 64.5 Å². The van der Waals surface area contributed by atoms with E-state index in [9.17, 15) is 32.3 Å². The number of methoxy groups -OCH3 is 1. The summed E-state index contributed by atoms with van der Waals surface area (Å²) >= 11 is 5.83. The maximum Gasteiger partial charge on any atom is 0.573 e. The van der Waals surface area contributed by atoms with E-state index in [2.05, 4.69) is 20.7 Å². The zero-order valence-electron chi connectivity index (χ0n) is 28.2. The number of ether oxygens (including phenoxy) is 4. The molecule has 0 saturated heterocycles. The van der Waals surface area contributed by atoms with Crippen molar-refractivity contribution in [3.05, 3.63) is 99.8 Å². The van der Waals surface area contributed by atoms with Crippen LogP contribution >= 0.6 is 11.6 Å². The summed E-state index contributed by atoms with van der Waals surface area (Å²) in [6.45, 7) is 5.86. The summed E-state index contributed by atoms with van der Waals surface area (Å²) in [6, 6.07) is 15.7. The minimum Gasteiger partial charge on any atom is -0.434 e. The molecule has 1 spiro atoms. The van der Waals surface area contributed by atoms with Gasteiger partial charge in [-0.1, -0.05) is 47.5 Å². The predicted molar refractivity (Wildman–Crippen MR) is 182 cm³/mol. The molecule has 0 atom stereocenters. The molecular formula is C36H37ClF3N3O8. The Labute approximate surface area is 297 Å². The van der Waals surface area contributed by atoms with Crippen molar-refractivity contribution < 1.29 is 51.3 Å². The lowest BCUT2D eigenvalue weighted by Crippen LogP contribution is -2.49. The molecule has 1 saturated carbocycles. The number of halogens is 4. The van der Waals surface area contributed by atoms with E-state index in [1.807, 2.05) is 32.0 Å². The van der Waals surface area contributed by atoms with Gasteiger partial charge in [0.05, 0.1) is 34.4 Å². The molecule has 4 amide bonds. The highest BCUT2D eigenvalue weighted by Gasteiger charge is 2.50. The van der Waals surface area contributed by atoms with Crippen molar-refractivity contribution >= 4 is 46.9 Å². The Bertz CT molecular complexity index is 1790. The van der Waals surface area contributed by atoms with Crippen LogP contribution in [0.4, 0.5) is 28.4 Å². The summed E-state index contributed by atoms with van der Waals surface area (Å²) in [6.07, 6.45) is -2.55. The summed E-state index contributed by atoms with van der Waals surface area (Å²) in [4.78, 5) is 48.7. The fraction of sp³-hybridized carbons (Fsp3) is 0.333. The lowest BCUT2D eigenvalue weighted by atomic mass is 9.79. The fourth-order valence-corrected chi connectivity index (χ4v) is 5.92. The van der Waals surface area contributed by atoms with E-state index in [1.165, 1.54) is 24.3 Å². The Kier molecular flexibility index (Phi) is 12.7. The Balaban J connectivity index is 0.000000230. The van der Waals surface area contributed by atoms with Gasteiger partial charge in [0.1, 0.15) is 11.5 Å². The topological polar surface area (TPSA) is 141 Å². The summed E-state index contributed by atoms with van der Waals surface area (Å²) in [7, 11) is 1.70. The first-order valence-corrected chi connectivity index (χ1v) is 16.3. The molecule has 5 rings (SSSR count). The Morgan fingerprint density at radius 3 is 2.27 bits per heavy atom. The molecule has 11 nitrogen and oxygen atoms in total. The van der Waals surface area contributed by atoms with Crippen LogP contribution in [0, 0.1) is 13.8 Å². The van der Waals surface area contributed by atoms with Gasteiger partial charge in [-0.15, -0.1) is 13.2 Å². The number of hydrogen-bond acceptors (Lipinski definition) is 8. The number of benzene rings is 3. The molecule has 1 aliphatic heterocycles. The van der Waals surface area contributed by atoms with Gasteiger partial charge in [-0.05, 0) is 94.0 Å². The first-order valence-electron chi connectivity index (χ1n) is 15.9. The normalized spacial score (nSPS) is 18.3. The van der Waals surface area contributed by atoms with Crippen molar-refractivity contribution in [2.24, 2.45) is 0 Å². The number of carbonyl (C=O) groups is 4. The standard InChI is InChI=1S/C21H27NO5.C15H10ClF3N2O3/c1-5-26-20(24)27-18-17(16-12-13(2)6-7-14(16)3)19(23)22-21(18)10-8-15(25-4)9-11-21;16-12-4-2-1-3-11(12)13(22)21-14(23)20-9-5-7-10(8-6-9)24-15(17,18)19/h6-7,12,15H,5,8-11H2,1-4H3,(H,22,23);1-8H,(H2,20,21,22,23)/t15-,21+;. The molecule has 2 aliphatic rings. The number of rotatable bonds is 7. The van der Waals surface area contributed by atoms with Gasteiger partial charge in [-0.2, -0.15) is 0 Å². The van der Waals surface area contributed by atoms with Crippen LogP contribution in [0.3, 0.4) is 0 Å². The fourth-order valence-electron chi connectivity index (χ4n) is 5.70. The van der Waals surface area contributed by atoms with Gasteiger partial charge in [-0.3, -0.25) is 14.9 Å². The average molecular weight is 732 g/mol. The SMILES string of the molecule is CCOC(=O)OC1=C(c2cc(C)ccc2C)C(=O)N[C@]12CC[C@@H](OC)CC2.O=C(NC(=O)c1ccccc1Cl)Nc1ccc(OC(F)(F)F)cc1. The summed E-state index contributed by atoms with van der Waals surface area (Å²) in [5, 5.41) is 7.64. The lowest BCUT2D eigenvalue weighted by Gasteiger charge is -2.37. The smallest absolute Gasteiger partial charge is 0.434 e. The van der Waals surface area contributed by atoms with Crippen molar-refractivity contribution in [1.29, 1.82) is 0 Å². The van der Waals surface area contributed by atoms with E-state index in [-0.39, 0.29) is 34.9 Å². The van der Waals surface area contributed by atoms with Crippen LogP contribution in [0.15, 0.2) is 72.5 Å². The van der Waals surface area contributed by atoms with Gasteiger partial charge < -0.3 is 29.6 Å². The van der Waals surface area contributed by atoms with Crippen LogP contribution < -0.4 is 20.7 Å². The van der Waals surface area contributed by atoms with Crippen LogP contribution in [0.25, 0.3) is 5.57 Å². The van der Waals surface area contributed by atoms with Gasteiger partial charge in [0, 0.05) is 12.8 Å². The predicted octanol–water partition coefficient (Wildman–Crippen LogP) is 7.85. The van der Waals surface area contributed by atoms with Gasteiger partial charge in [0.25, 0.3) is 11.8 Å². The van der Waals surface area contributed by atoms with Crippen molar-refractivity contribution in [1.82, 2.24) is 10.6 Å². The third-order valence-electron chi connectivity index (χ3n) is 8.16. The zero-order valence-corrected chi connectivity index (χ0v) is 29.0. The van der Waals surface area contributed by atoms with E-state index < -0.39 is 35.7 Å². The van der Waals surface area contributed by atoms with Gasteiger partial charge in [0.15, 0.2) is 0 Å². The highest BCUT2D eigenvalue weighted by Crippen LogP contribution is 2.44. The van der Waals surface area contributed by atoms with Gasteiger partial charge in [0.2, 0.25) is 0 Å². The Morgan fingerprint density at radius 2 is 1.67 bits per heavy atom. The number of alkyl halides is 3. The number of nitrogens with one attached hydrogen (secondary N) is 3. The molecule has 0 unspecified atom stereocenters. The quantitative estimate of drug-likeness (QED) is 0.209. The summed E-state index contributed by atoms with van der Waals surface area (Å²) in [5.41, 5.74) is 2.81. The molecule has 0 radical (unpaired) electrons. The Morgan fingerprint density at radius 1 is 1.00 bits per heavy atom. The molecular weight excluding hydrogens is 695 g/mol. The van der Waals surface area contributed by atoms with Gasteiger partial charge in [-0.25, -0.2) is 9.59 Å². The number of aryl methyl sites for hydroxylation is 2. The lowest BCUT2D eigenvalue weighted by molar-refractivity contribution is -0.274.